The van der Waals surface area contributed by atoms with Gasteiger partial charge in [0.05, 0.1) is 0 Å². The third kappa shape index (κ3) is 6.37. The maximum Gasteiger partial charge on any atom is 0.142 e. The molecule has 0 fully saturated rings. The topological polar surface area (TPSA) is 26.3 Å². The highest BCUT2D eigenvalue weighted by atomic mass is 16.5. The molecule has 0 unspecified atom stereocenters. The molecule has 2 heteroatoms. The molecule has 0 aliphatic carbocycles. The summed E-state index contributed by atoms with van der Waals surface area (Å²) in [5, 5.41) is 0. The van der Waals surface area contributed by atoms with Crippen LogP contribution in [0.5, 0.6) is 5.75 Å². The average molecular weight is 319 g/mol. The molecule has 0 amide bonds. The fourth-order valence-electron chi connectivity index (χ4n) is 2.60. The van der Waals surface area contributed by atoms with E-state index in [2.05, 4.69) is 32.9 Å². The van der Waals surface area contributed by atoms with Crippen molar-refractivity contribution in [1.82, 2.24) is 0 Å². The van der Waals surface area contributed by atoms with Crippen molar-refractivity contribution in [2.75, 3.05) is 0 Å². The Balaban J connectivity index is 2.95. The smallest absolute Gasteiger partial charge is 0.142 e. The standard InChI is InChI=1S/C21H34O2/c1-19(2,3)17(18(22)20(4,5)6)14-15-10-12-16(13-11-15)23-21(7,8)9/h10-13,17H,14H2,1-9H3/t17-/m0/s1. The number of carbonyl (C=O) groups excluding carboxylic acids is 1. The van der Waals surface area contributed by atoms with Gasteiger partial charge in [-0.2, -0.15) is 0 Å². The molecule has 1 rings (SSSR count). The van der Waals surface area contributed by atoms with Crippen LogP contribution < -0.4 is 4.74 Å². The predicted octanol–water partition coefficient (Wildman–Crippen LogP) is 5.68. The number of ether oxygens (including phenoxy) is 1. The molecule has 0 aliphatic rings. The second-order valence-electron chi connectivity index (χ2n) is 9.60. The van der Waals surface area contributed by atoms with Crippen LogP contribution in [0.4, 0.5) is 0 Å². The Bertz CT molecular complexity index is 519. The first-order chi connectivity index (χ1) is 10.2. The molecule has 1 aromatic rings. The van der Waals surface area contributed by atoms with Gasteiger partial charge < -0.3 is 4.74 Å². The number of Topliss-reactive ketones (excluding diaryl/α,β-unsaturated/α-hetero) is 1. The van der Waals surface area contributed by atoms with Crippen LogP contribution >= 0.6 is 0 Å². The zero-order valence-corrected chi connectivity index (χ0v) is 16.4. The maximum absolute atomic E-state index is 12.8. The molecule has 0 saturated heterocycles. The summed E-state index contributed by atoms with van der Waals surface area (Å²) in [5.74, 6) is 1.22. The first kappa shape index (κ1) is 19.7. The Kier molecular flexibility index (Phi) is 5.72. The summed E-state index contributed by atoms with van der Waals surface area (Å²) in [5.41, 5.74) is 0.624. The number of rotatable bonds is 4. The van der Waals surface area contributed by atoms with E-state index in [0.29, 0.717) is 5.78 Å². The SMILES string of the molecule is CC(C)(C)Oc1ccc(C[C@@H](C(=O)C(C)(C)C)C(C)(C)C)cc1. The Morgan fingerprint density at radius 2 is 1.39 bits per heavy atom. The van der Waals surface area contributed by atoms with Gasteiger partial charge in [-0.15, -0.1) is 0 Å². The minimum Gasteiger partial charge on any atom is -0.488 e. The largest absolute Gasteiger partial charge is 0.488 e. The van der Waals surface area contributed by atoms with E-state index >= 15 is 0 Å². The van der Waals surface area contributed by atoms with Crippen molar-refractivity contribution in [3.8, 4) is 5.75 Å². The summed E-state index contributed by atoms with van der Waals surface area (Å²) >= 11 is 0. The van der Waals surface area contributed by atoms with Gasteiger partial charge in [0.1, 0.15) is 17.1 Å². The third-order valence-corrected chi connectivity index (χ3v) is 3.89. The van der Waals surface area contributed by atoms with Crippen molar-refractivity contribution in [2.24, 2.45) is 16.7 Å². The van der Waals surface area contributed by atoms with Gasteiger partial charge in [0.2, 0.25) is 0 Å². The number of hydrogen-bond donors (Lipinski definition) is 0. The maximum atomic E-state index is 12.8. The second-order valence-corrected chi connectivity index (χ2v) is 9.60. The molecule has 2 nitrogen and oxygen atoms in total. The molecule has 0 saturated carbocycles. The van der Waals surface area contributed by atoms with Crippen molar-refractivity contribution in [1.29, 1.82) is 0 Å². The first-order valence-corrected chi connectivity index (χ1v) is 8.52. The molecule has 1 aromatic carbocycles. The lowest BCUT2D eigenvalue weighted by atomic mass is 9.69. The Labute approximate surface area is 142 Å². The van der Waals surface area contributed by atoms with Crippen LogP contribution in [-0.4, -0.2) is 11.4 Å². The molecule has 0 radical (unpaired) electrons. The lowest BCUT2D eigenvalue weighted by Gasteiger charge is -2.34. The van der Waals surface area contributed by atoms with Crippen LogP contribution in [0.1, 0.15) is 67.9 Å². The Hall–Kier alpha value is -1.31. The zero-order chi connectivity index (χ0) is 18.1. The fourth-order valence-corrected chi connectivity index (χ4v) is 2.60. The minimum absolute atomic E-state index is 0.0110. The van der Waals surface area contributed by atoms with E-state index in [1.165, 1.54) is 5.56 Å². The third-order valence-electron chi connectivity index (χ3n) is 3.89. The summed E-state index contributed by atoms with van der Waals surface area (Å²) in [6.07, 6.45) is 0.773. The molecule has 0 spiro atoms. The van der Waals surface area contributed by atoms with Crippen molar-refractivity contribution in [3.63, 3.8) is 0 Å². The van der Waals surface area contributed by atoms with E-state index in [1.54, 1.807) is 0 Å². The van der Waals surface area contributed by atoms with Crippen LogP contribution in [0.15, 0.2) is 24.3 Å². The second kappa shape index (κ2) is 6.67. The molecule has 0 aliphatic heterocycles. The van der Waals surface area contributed by atoms with Crippen LogP contribution in [0.3, 0.4) is 0 Å². The van der Waals surface area contributed by atoms with Crippen molar-refractivity contribution < 1.29 is 9.53 Å². The molecule has 23 heavy (non-hydrogen) atoms. The van der Waals surface area contributed by atoms with Gasteiger partial charge in [0, 0.05) is 11.3 Å². The van der Waals surface area contributed by atoms with Crippen molar-refractivity contribution in [2.45, 2.75) is 74.3 Å². The highest BCUT2D eigenvalue weighted by Gasteiger charge is 2.37. The first-order valence-electron chi connectivity index (χ1n) is 8.52. The van der Waals surface area contributed by atoms with E-state index in [9.17, 15) is 4.79 Å². The molecule has 0 heterocycles. The highest BCUT2D eigenvalue weighted by molar-refractivity contribution is 5.86. The molecular weight excluding hydrogens is 284 g/mol. The lowest BCUT2D eigenvalue weighted by Crippen LogP contribution is -2.37. The van der Waals surface area contributed by atoms with Gasteiger partial charge in [0.25, 0.3) is 0 Å². The van der Waals surface area contributed by atoms with E-state index in [4.69, 9.17) is 4.74 Å². The van der Waals surface area contributed by atoms with Crippen LogP contribution in [0, 0.1) is 16.7 Å². The molecule has 0 N–H and O–H groups in total. The Morgan fingerprint density at radius 1 is 0.913 bits per heavy atom. The molecule has 130 valence electrons. The van der Waals surface area contributed by atoms with Crippen LogP contribution in [0.2, 0.25) is 0 Å². The zero-order valence-electron chi connectivity index (χ0n) is 16.4. The Morgan fingerprint density at radius 3 is 1.74 bits per heavy atom. The predicted molar refractivity (Wildman–Crippen MR) is 97.9 cm³/mol. The summed E-state index contributed by atoms with van der Waals surface area (Å²) < 4.78 is 5.86. The van der Waals surface area contributed by atoms with E-state index in [0.717, 1.165) is 12.2 Å². The van der Waals surface area contributed by atoms with Crippen LogP contribution in [-0.2, 0) is 11.2 Å². The minimum atomic E-state index is -0.312. The number of carbonyl (C=O) groups is 1. The molecule has 0 aromatic heterocycles. The quantitative estimate of drug-likeness (QED) is 0.713. The van der Waals surface area contributed by atoms with Gasteiger partial charge in [-0.1, -0.05) is 53.7 Å². The van der Waals surface area contributed by atoms with Gasteiger partial charge in [-0.25, -0.2) is 0 Å². The van der Waals surface area contributed by atoms with Crippen molar-refractivity contribution in [3.05, 3.63) is 29.8 Å². The highest BCUT2D eigenvalue weighted by Crippen LogP contribution is 2.35. The van der Waals surface area contributed by atoms with Gasteiger partial charge >= 0.3 is 0 Å². The molecular formula is C21H34O2. The van der Waals surface area contributed by atoms with E-state index in [1.807, 2.05) is 53.7 Å². The normalized spacial score (nSPS) is 14.5. The number of ketones is 1. The average Bonchev–Trinajstić information content (AvgIpc) is 2.32. The van der Waals surface area contributed by atoms with E-state index < -0.39 is 0 Å². The van der Waals surface area contributed by atoms with Crippen molar-refractivity contribution >= 4 is 5.78 Å². The van der Waals surface area contributed by atoms with Crippen LogP contribution in [0.25, 0.3) is 0 Å². The van der Waals surface area contributed by atoms with Gasteiger partial charge in [-0.05, 0) is 50.3 Å². The van der Waals surface area contributed by atoms with Gasteiger partial charge in [0.15, 0.2) is 0 Å². The summed E-state index contributed by atoms with van der Waals surface area (Å²) in [7, 11) is 0. The molecule has 1 atom stereocenters. The summed E-state index contributed by atoms with van der Waals surface area (Å²) in [6.45, 7) is 18.6. The summed E-state index contributed by atoms with van der Waals surface area (Å²) in [6, 6.07) is 8.16. The van der Waals surface area contributed by atoms with Gasteiger partial charge in [-0.3, -0.25) is 4.79 Å². The number of hydrogen-bond acceptors (Lipinski definition) is 2. The summed E-state index contributed by atoms with van der Waals surface area (Å²) in [4.78, 5) is 12.8. The monoisotopic (exact) mass is 318 g/mol. The molecule has 0 bridgehead atoms. The fraction of sp³-hybridized carbons (Fsp3) is 0.667. The lowest BCUT2D eigenvalue weighted by molar-refractivity contribution is -0.133. The number of benzene rings is 1. The van der Waals surface area contributed by atoms with E-state index in [-0.39, 0.29) is 22.3 Å².